The van der Waals surface area contributed by atoms with Crippen LogP contribution in [0.15, 0.2) is 17.4 Å². The first-order chi connectivity index (χ1) is 8.54. The van der Waals surface area contributed by atoms with Gasteiger partial charge in [-0.25, -0.2) is 9.97 Å². The molecule has 0 saturated heterocycles. The van der Waals surface area contributed by atoms with Crippen LogP contribution < -0.4 is 10.6 Å². The minimum Gasteiger partial charge on any atom is -0.409 e. The highest BCUT2D eigenvalue weighted by molar-refractivity contribution is 5.95. The summed E-state index contributed by atoms with van der Waals surface area (Å²) in [7, 11) is 5.99. The van der Waals surface area contributed by atoms with Crippen molar-refractivity contribution in [3.63, 3.8) is 0 Å². The quantitative estimate of drug-likeness (QED) is 0.319. The van der Waals surface area contributed by atoms with Gasteiger partial charge >= 0.3 is 0 Å². The number of nitrogens with two attached hydrogens (primary N) is 1. The molecule has 0 saturated carbocycles. The largest absolute Gasteiger partial charge is 0.409 e. The summed E-state index contributed by atoms with van der Waals surface area (Å²) in [5.41, 5.74) is 5.91. The number of hydrogen-bond donors (Lipinski definition) is 2. The van der Waals surface area contributed by atoms with E-state index in [9.17, 15) is 0 Å². The summed E-state index contributed by atoms with van der Waals surface area (Å²) < 4.78 is 0. The number of anilines is 1. The standard InChI is InChI=1S/C11H20N6O/c1-16(2)7-4-8-17(3)11-13-6-5-9(14-11)10(12)15-18/h5-6,18H,4,7-8H2,1-3H3,(H2,12,15). The second-order valence-corrected chi connectivity index (χ2v) is 4.31. The lowest BCUT2D eigenvalue weighted by Crippen LogP contribution is -2.26. The van der Waals surface area contributed by atoms with Crippen molar-refractivity contribution < 1.29 is 5.21 Å². The minimum absolute atomic E-state index is 0.0136. The Morgan fingerprint density at radius 1 is 1.39 bits per heavy atom. The molecule has 0 radical (unpaired) electrons. The van der Waals surface area contributed by atoms with Crippen LogP contribution in [-0.2, 0) is 0 Å². The summed E-state index contributed by atoms with van der Waals surface area (Å²) in [6, 6.07) is 1.60. The summed E-state index contributed by atoms with van der Waals surface area (Å²) in [5.74, 6) is 0.554. The fourth-order valence-corrected chi connectivity index (χ4v) is 1.45. The molecule has 18 heavy (non-hydrogen) atoms. The van der Waals surface area contributed by atoms with Gasteiger partial charge in [-0.3, -0.25) is 0 Å². The van der Waals surface area contributed by atoms with E-state index in [4.69, 9.17) is 10.9 Å². The third-order valence-corrected chi connectivity index (χ3v) is 2.45. The van der Waals surface area contributed by atoms with E-state index >= 15 is 0 Å². The van der Waals surface area contributed by atoms with Crippen LogP contribution in [0.1, 0.15) is 12.1 Å². The maximum atomic E-state index is 8.60. The van der Waals surface area contributed by atoms with Crippen molar-refractivity contribution in [2.45, 2.75) is 6.42 Å². The smallest absolute Gasteiger partial charge is 0.225 e. The van der Waals surface area contributed by atoms with Crippen LogP contribution >= 0.6 is 0 Å². The zero-order valence-corrected chi connectivity index (χ0v) is 11.0. The fraction of sp³-hybridized carbons (Fsp3) is 0.545. The molecular weight excluding hydrogens is 232 g/mol. The fourth-order valence-electron chi connectivity index (χ4n) is 1.45. The Morgan fingerprint density at radius 3 is 2.72 bits per heavy atom. The molecule has 0 atom stereocenters. The van der Waals surface area contributed by atoms with Crippen molar-refractivity contribution in [1.82, 2.24) is 14.9 Å². The van der Waals surface area contributed by atoms with Gasteiger partial charge in [0, 0.05) is 19.8 Å². The normalized spacial score (nSPS) is 11.9. The van der Waals surface area contributed by atoms with E-state index in [1.165, 1.54) is 0 Å². The maximum absolute atomic E-state index is 8.60. The average molecular weight is 252 g/mol. The Labute approximate surface area is 107 Å². The van der Waals surface area contributed by atoms with E-state index in [-0.39, 0.29) is 5.84 Å². The predicted molar refractivity (Wildman–Crippen MR) is 71.0 cm³/mol. The van der Waals surface area contributed by atoms with E-state index in [0.717, 1.165) is 19.5 Å². The van der Waals surface area contributed by atoms with Gasteiger partial charge in [0.15, 0.2) is 5.84 Å². The van der Waals surface area contributed by atoms with Crippen LogP contribution in [0.4, 0.5) is 5.95 Å². The lowest BCUT2D eigenvalue weighted by atomic mass is 10.3. The Bertz CT molecular complexity index is 406. The highest BCUT2D eigenvalue weighted by atomic mass is 16.4. The molecule has 7 nitrogen and oxygen atoms in total. The van der Waals surface area contributed by atoms with Gasteiger partial charge < -0.3 is 20.7 Å². The molecule has 1 rings (SSSR count). The van der Waals surface area contributed by atoms with Crippen LogP contribution in [0, 0.1) is 0 Å². The first-order valence-corrected chi connectivity index (χ1v) is 5.71. The molecule has 1 aromatic rings. The number of nitrogens with zero attached hydrogens (tertiary/aromatic N) is 5. The molecule has 3 N–H and O–H groups in total. The molecule has 0 aliphatic carbocycles. The molecule has 1 aromatic heterocycles. The molecule has 0 fully saturated rings. The van der Waals surface area contributed by atoms with Crippen LogP contribution in [0.25, 0.3) is 0 Å². The van der Waals surface area contributed by atoms with Crippen LogP contribution in [-0.4, -0.2) is 60.1 Å². The van der Waals surface area contributed by atoms with Crippen molar-refractivity contribution in [2.24, 2.45) is 10.9 Å². The highest BCUT2D eigenvalue weighted by Crippen LogP contribution is 2.06. The highest BCUT2D eigenvalue weighted by Gasteiger charge is 2.07. The molecule has 0 aliphatic rings. The SMILES string of the molecule is CN(C)CCCN(C)c1nccc(/C(N)=N/O)n1. The van der Waals surface area contributed by atoms with E-state index in [0.29, 0.717) is 11.6 Å². The van der Waals surface area contributed by atoms with Gasteiger partial charge in [0.05, 0.1) is 0 Å². The first kappa shape index (κ1) is 14.2. The monoisotopic (exact) mass is 252 g/mol. The number of amidine groups is 1. The van der Waals surface area contributed by atoms with Crippen LogP contribution in [0.2, 0.25) is 0 Å². The summed E-state index contributed by atoms with van der Waals surface area (Å²) >= 11 is 0. The topological polar surface area (TPSA) is 90.9 Å². The van der Waals surface area contributed by atoms with Gasteiger partial charge in [0.1, 0.15) is 5.69 Å². The molecular formula is C11H20N6O. The van der Waals surface area contributed by atoms with Crippen molar-refractivity contribution in [1.29, 1.82) is 0 Å². The van der Waals surface area contributed by atoms with Crippen molar-refractivity contribution >= 4 is 11.8 Å². The molecule has 0 spiro atoms. The van der Waals surface area contributed by atoms with Gasteiger partial charge in [0.25, 0.3) is 0 Å². The number of rotatable bonds is 6. The second kappa shape index (κ2) is 6.75. The number of oxime groups is 1. The lowest BCUT2D eigenvalue weighted by molar-refractivity contribution is 0.318. The number of hydrogen-bond acceptors (Lipinski definition) is 6. The summed E-state index contributed by atoms with van der Waals surface area (Å²) in [6.07, 6.45) is 2.61. The lowest BCUT2D eigenvalue weighted by Gasteiger charge is -2.18. The minimum atomic E-state index is -0.0136. The Balaban J connectivity index is 2.65. The Hall–Kier alpha value is -1.89. The van der Waals surface area contributed by atoms with Gasteiger partial charge in [-0.1, -0.05) is 5.16 Å². The molecule has 0 amide bonds. The Kier molecular flexibility index (Phi) is 5.31. The molecule has 1 heterocycles. The predicted octanol–water partition coefficient (Wildman–Crippen LogP) is -0.0410. The molecule has 0 aromatic carbocycles. The molecule has 100 valence electrons. The van der Waals surface area contributed by atoms with Gasteiger partial charge in [-0.05, 0) is 33.1 Å². The van der Waals surface area contributed by atoms with Gasteiger partial charge in [-0.15, -0.1) is 0 Å². The number of aromatic nitrogens is 2. The van der Waals surface area contributed by atoms with Crippen molar-refractivity contribution in [3.8, 4) is 0 Å². The van der Waals surface area contributed by atoms with Crippen LogP contribution in [0.3, 0.4) is 0 Å². The molecule has 0 unspecified atom stereocenters. The van der Waals surface area contributed by atoms with Gasteiger partial charge in [-0.2, -0.15) is 0 Å². The van der Waals surface area contributed by atoms with Crippen molar-refractivity contribution in [2.75, 3.05) is 39.1 Å². The van der Waals surface area contributed by atoms with E-state index in [1.54, 1.807) is 12.3 Å². The average Bonchev–Trinajstić information content (AvgIpc) is 2.37. The molecule has 0 aliphatic heterocycles. The van der Waals surface area contributed by atoms with E-state index in [1.807, 2.05) is 26.0 Å². The zero-order chi connectivity index (χ0) is 13.5. The maximum Gasteiger partial charge on any atom is 0.225 e. The van der Waals surface area contributed by atoms with Crippen LogP contribution in [0.5, 0.6) is 0 Å². The van der Waals surface area contributed by atoms with Crippen molar-refractivity contribution in [3.05, 3.63) is 18.0 Å². The zero-order valence-electron chi connectivity index (χ0n) is 11.0. The second-order valence-electron chi connectivity index (χ2n) is 4.31. The van der Waals surface area contributed by atoms with E-state index in [2.05, 4.69) is 20.0 Å². The third-order valence-electron chi connectivity index (χ3n) is 2.45. The molecule has 7 heteroatoms. The first-order valence-electron chi connectivity index (χ1n) is 5.71. The molecule has 0 bridgehead atoms. The Morgan fingerprint density at radius 2 is 2.11 bits per heavy atom. The van der Waals surface area contributed by atoms with Gasteiger partial charge in [0.2, 0.25) is 5.95 Å². The van der Waals surface area contributed by atoms with E-state index < -0.39 is 0 Å². The summed E-state index contributed by atoms with van der Waals surface area (Å²) in [4.78, 5) is 12.5. The third kappa shape index (κ3) is 4.17. The summed E-state index contributed by atoms with van der Waals surface area (Å²) in [6.45, 7) is 1.85. The summed E-state index contributed by atoms with van der Waals surface area (Å²) in [5, 5.41) is 11.5.